The number of amides is 1. The highest BCUT2D eigenvalue weighted by atomic mass is 16.1. The van der Waals surface area contributed by atoms with E-state index in [1.807, 2.05) is 23.0 Å². The maximum Gasteiger partial charge on any atom is 0.220 e. The third-order valence-electron chi connectivity index (χ3n) is 5.72. The van der Waals surface area contributed by atoms with E-state index in [9.17, 15) is 4.79 Å². The van der Waals surface area contributed by atoms with Crippen LogP contribution in [0.25, 0.3) is 5.69 Å². The number of carbonyl (C=O) groups excluding carboxylic acids is 1. The predicted octanol–water partition coefficient (Wildman–Crippen LogP) is 1.36. The lowest BCUT2D eigenvalue weighted by molar-refractivity contribution is -0.120. The van der Waals surface area contributed by atoms with Gasteiger partial charge in [-0.05, 0) is 31.4 Å². The summed E-state index contributed by atoms with van der Waals surface area (Å²) in [5, 5.41) is 11.7. The summed E-state index contributed by atoms with van der Waals surface area (Å²) in [4.78, 5) is 16.5. The maximum atomic E-state index is 11.5. The largest absolute Gasteiger partial charge is 0.356 e. The fourth-order valence-electron chi connectivity index (χ4n) is 4.10. The van der Waals surface area contributed by atoms with Gasteiger partial charge in [0.1, 0.15) is 0 Å². The Morgan fingerprint density at radius 2 is 1.96 bits per heavy atom. The van der Waals surface area contributed by atoms with E-state index in [1.165, 1.54) is 5.56 Å². The molecule has 0 radical (unpaired) electrons. The lowest BCUT2D eigenvalue weighted by Gasteiger charge is -2.38. The first kappa shape index (κ1) is 18.1. The van der Waals surface area contributed by atoms with Crippen LogP contribution >= 0.6 is 0 Å². The standard InChI is InChI=1S/C20H28N6O/c1-16-4-2-3-5-19(16)26-15-17(22-23-26)14-24-10-12-25(13-11-24)18-6-7-20(27)21-9-8-18/h2-5,15,18H,6-14H2,1H3,(H,21,27). The Balaban J connectivity index is 1.31. The van der Waals surface area contributed by atoms with Gasteiger partial charge in [0.05, 0.1) is 17.6 Å². The monoisotopic (exact) mass is 368 g/mol. The van der Waals surface area contributed by atoms with Crippen LogP contribution in [0.2, 0.25) is 0 Å². The molecule has 3 heterocycles. The van der Waals surface area contributed by atoms with E-state index in [0.717, 1.165) is 63.5 Å². The summed E-state index contributed by atoms with van der Waals surface area (Å²) in [6, 6.07) is 8.76. The Hall–Kier alpha value is -2.25. The van der Waals surface area contributed by atoms with Gasteiger partial charge in [0.15, 0.2) is 0 Å². The van der Waals surface area contributed by atoms with Crippen molar-refractivity contribution in [3.8, 4) is 5.69 Å². The molecule has 2 aliphatic rings. The fourth-order valence-corrected chi connectivity index (χ4v) is 4.10. The van der Waals surface area contributed by atoms with E-state index in [-0.39, 0.29) is 5.91 Å². The van der Waals surface area contributed by atoms with E-state index in [0.29, 0.717) is 12.5 Å². The molecule has 0 aliphatic carbocycles. The van der Waals surface area contributed by atoms with E-state index < -0.39 is 0 Å². The number of aryl methyl sites for hydroxylation is 1. The smallest absolute Gasteiger partial charge is 0.220 e. The van der Waals surface area contributed by atoms with Crippen LogP contribution in [0.5, 0.6) is 0 Å². The topological polar surface area (TPSA) is 66.3 Å². The Morgan fingerprint density at radius 3 is 2.78 bits per heavy atom. The molecule has 2 aliphatic heterocycles. The molecule has 7 nitrogen and oxygen atoms in total. The van der Waals surface area contributed by atoms with Crippen molar-refractivity contribution in [2.45, 2.75) is 38.8 Å². The van der Waals surface area contributed by atoms with E-state index >= 15 is 0 Å². The number of nitrogens with zero attached hydrogens (tertiary/aromatic N) is 5. The molecule has 1 N–H and O–H groups in total. The van der Waals surface area contributed by atoms with Gasteiger partial charge in [-0.2, -0.15) is 0 Å². The number of para-hydroxylation sites is 1. The normalized spacial score (nSPS) is 22.4. The highest BCUT2D eigenvalue weighted by Crippen LogP contribution is 2.17. The van der Waals surface area contributed by atoms with Crippen molar-refractivity contribution in [3.63, 3.8) is 0 Å². The van der Waals surface area contributed by atoms with Crippen LogP contribution in [0.15, 0.2) is 30.5 Å². The molecule has 2 saturated heterocycles. The molecule has 1 atom stereocenters. The van der Waals surface area contributed by atoms with Crippen LogP contribution < -0.4 is 5.32 Å². The molecule has 27 heavy (non-hydrogen) atoms. The number of piperazine rings is 1. The quantitative estimate of drug-likeness (QED) is 0.883. The van der Waals surface area contributed by atoms with Gasteiger partial charge in [0.25, 0.3) is 0 Å². The summed E-state index contributed by atoms with van der Waals surface area (Å²) >= 11 is 0. The first-order valence-electron chi connectivity index (χ1n) is 9.89. The minimum atomic E-state index is 0.202. The Kier molecular flexibility index (Phi) is 5.50. The zero-order valence-corrected chi connectivity index (χ0v) is 16.0. The zero-order valence-electron chi connectivity index (χ0n) is 16.0. The third-order valence-corrected chi connectivity index (χ3v) is 5.72. The molecule has 4 rings (SSSR count). The summed E-state index contributed by atoms with van der Waals surface area (Å²) in [5.41, 5.74) is 3.28. The minimum Gasteiger partial charge on any atom is -0.356 e. The van der Waals surface area contributed by atoms with Crippen molar-refractivity contribution in [1.29, 1.82) is 0 Å². The van der Waals surface area contributed by atoms with Crippen LogP contribution in [-0.2, 0) is 11.3 Å². The summed E-state index contributed by atoms with van der Waals surface area (Å²) in [7, 11) is 0. The summed E-state index contributed by atoms with van der Waals surface area (Å²) < 4.78 is 1.87. The summed E-state index contributed by atoms with van der Waals surface area (Å²) in [5.74, 6) is 0.202. The summed E-state index contributed by atoms with van der Waals surface area (Å²) in [6.45, 7) is 7.93. The van der Waals surface area contributed by atoms with Gasteiger partial charge >= 0.3 is 0 Å². The van der Waals surface area contributed by atoms with E-state index in [4.69, 9.17) is 0 Å². The fraction of sp³-hybridized carbons (Fsp3) is 0.550. The molecule has 144 valence electrons. The van der Waals surface area contributed by atoms with Gasteiger partial charge in [0.2, 0.25) is 5.91 Å². The van der Waals surface area contributed by atoms with Crippen LogP contribution in [0.4, 0.5) is 0 Å². The average molecular weight is 368 g/mol. The highest BCUT2D eigenvalue weighted by molar-refractivity contribution is 5.76. The SMILES string of the molecule is Cc1ccccc1-n1cc(CN2CCN(C3CCNC(=O)CC3)CC2)nn1. The Bertz CT molecular complexity index is 780. The molecule has 2 fully saturated rings. The number of hydrogen-bond acceptors (Lipinski definition) is 5. The molecule has 1 unspecified atom stereocenters. The van der Waals surface area contributed by atoms with Crippen LogP contribution in [-0.4, -0.2) is 69.5 Å². The average Bonchev–Trinajstić information content (AvgIpc) is 3.02. The molecule has 0 bridgehead atoms. The van der Waals surface area contributed by atoms with Gasteiger partial charge < -0.3 is 5.32 Å². The molecule has 7 heteroatoms. The van der Waals surface area contributed by atoms with Crippen molar-refractivity contribution >= 4 is 5.91 Å². The third kappa shape index (κ3) is 4.36. The van der Waals surface area contributed by atoms with Gasteiger partial charge in [0, 0.05) is 51.7 Å². The lowest BCUT2D eigenvalue weighted by atomic mass is 10.1. The molecular weight excluding hydrogens is 340 g/mol. The van der Waals surface area contributed by atoms with Crippen LogP contribution in [0.3, 0.4) is 0 Å². The predicted molar refractivity (Wildman–Crippen MR) is 104 cm³/mol. The van der Waals surface area contributed by atoms with Crippen molar-refractivity contribution in [3.05, 3.63) is 41.7 Å². The number of carbonyl (C=O) groups is 1. The highest BCUT2D eigenvalue weighted by Gasteiger charge is 2.26. The second kappa shape index (κ2) is 8.19. The van der Waals surface area contributed by atoms with E-state index in [1.54, 1.807) is 0 Å². The first-order valence-corrected chi connectivity index (χ1v) is 9.89. The van der Waals surface area contributed by atoms with Crippen molar-refractivity contribution in [2.75, 3.05) is 32.7 Å². The molecule has 1 aromatic heterocycles. The number of rotatable bonds is 4. The van der Waals surface area contributed by atoms with Gasteiger partial charge in [-0.15, -0.1) is 5.10 Å². The lowest BCUT2D eigenvalue weighted by Crippen LogP contribution is -2.50. The van der Waals surface area contributed by atoms with E-state index in [2.05, 4.69) is 44.5 Å². The van der Waals surface area contributed by atoms with Crippen molar-refractivity contribution in [1.82, 2.24) is 30.1 Å². The summed E-state index contributed by atoms with van der Waals surface area (Å²) in [6.07, 6.45) is 4.75. The molecule has 1 aromatic carbocycles. The number of nitrogens with one attached hydrogen (secondary N) is 1. The van der Waals surface area contributed by atoms with Gasteiger partial charge in [-0.25, -0.2) is 4.68 Å². The van der Waals surface area contributed by atoms with Crippen molar-refractivity contribution in [2.24, 2.45) is 0 Å². The molecule has 1 amide bonds. The second-order valence-electron chi connectivity index (χ2n) is 7.58. The second-order valence-corrected chi connectivity index (χ2v) is 7.58. The molecule has 0 saturated carbocycles. The van der Waals surface area contributed by atoms with Crippen LogP contribution in [0.1, 0.15) is 30.5 Å². The Labute approximate surface area is 160 Å². The van der Waals surface area contributed by atoms with Gasteiger partial charge in [-0.3, -0.25) is 14.6 Å². The van der Waals surface area contributed by atoms with Gasteiger partial charge in [-0.1, -0.05) is 23.4 Å². The maximum absolute atomic E-state index is 11.5. The molecular formula is C20H28N6O. The van der Waals surface area contributed by atoms with Crippen molar-refractivity contribution < 1.29 is 4.79 Å². The minimum absolute atomic E-state index is 0.202. The molecule has 0 spiro atoms. The molecule has 2 aromatic rings. The van der Waals surface area contributed by atoms with Crippen LogP contribution in [0, 0.1) is 6.92 Å². The first-order chi connectivity index (χ1) is 13.2. The number of benzene rings is 1. The zero-order chi connectivity index (χ0) is 18.6. The Morgan fingerprint density at radius 1 is 1.15 bits per heavy atom. The number of hydrogen-bond donors (Lipinski definition) is 1. The number of aromatic nitrogens is 3.